The van der Waals surface area contributed by atoms with Crippen LogP contribution in [-0.4, -0.2) is 86.9 Å². The number of carbonyl (C=O) groups is 2. The lowest BCUT2D eigenvalue weighted by atomic mass is 10.0. The van der Waals surface area contributed by atoms with Crippen LogP contribution in [0.15, 0.2) is 24.3 Å². The van der Waals surface area contributed by atoms with Crippen molar-refractivity contribution in [2.24, 2.45) is 5.73 Å². The van der Waals surface area contributed by atoms with Crippen LogP contribution in [0, 0.1) is 0 Å². The lowest BCUT2D eigenvalue weighted by Gasteiger charge is -2.35. The fourth-order valence-electron chi connectivity index (χ4n) is 4.82. The summed E-state index contributed by atoms with van der Waals surface area (Å²) in [5.41, 5.74) is 6.99. The van der Waals surface area contributed by atoms with Gasteiger partial charge in [0.2, 0.25) is 5.91 Å². The smallest absolute Gasteiger partial charge is 0.414 e. The molecule has 0 aromatic heterocycles. The number of halogens is 2. The molecule has 46 heavy (non-hydrogen) atoms. The van der Waals surface area contributed by atoms with Gasteiger partial charge in [-0.2, -0.15) is 9.28 Å². The second kappa shape index (κ2) is 20.5. The van der Waals surface area contributed by atoms with Gasteiger partial charge in [-0.3, -0.25) is 13.9 Å². The van der Waals surface area contributed by atoms with Crippen molar-refractivity contribution in [3.05, 3.63) is 29.8 Å². The Morgan fingerprint density at radius 2 is 1.33 bits per heavy atom. The van der Waals surface area contributed by atoms with Crippen LogP contribution in [0.2, 0.25) is 0 Å². The first-order valence-electron chi connectivity index (χ1n) is 15.7. The highest BCUT2D eigenvalue weighted by molar-refractivity contribution is 7.72. The summed E-state index contributed by atoms with van der Waals surface area (Å²) in [5.74, 6) is 0.0417. The van der Waals surface area contributed by atoms with Crippen LogP contribution in [0.4, 0.5) is 10.5 Å². The highest BCUT2D eigenvalue weighted by Crippen LogP contribution is 2.71. The molecule has 2 amide bonds. The van der Waals surface area contributed by atoms with Gasteiger partial charge in [-0.25, -0.2) is 0 Å². The molecule has 1 aromatic carbocycles. The quantitative estimate of drug-likeness (QED) is 0.0550. The van der Waals surface area contributed by atoms with Crippen LogP contribution in [0.25, 0.3) is 0 Å². The number of amides is 2. The zero-order valence-electron chi connectivity index (χ0n) is 28.3. The summed E-state index contributed by atoms with van der Waals surface area (Å²) in [6, 6.07) is 6.35. The summed E-state index contributed by atoms with van der Waals surface area (Å²) in [6.07, 6.45) is 0.170. The van der Waals surface area contributed by atoms with Crippen LogP contribution >= 0.6 is 38.4 Å². The normalized spacial score (nSPS) is 13.5. The second-order valence-corrected chi connectivity index (χ2v) is 17.0. The van der Waals surface area contributed by atoms with Crippen molar-refractivity contribution in [2.75, 3.05) is 57.8 Å². The molecule has 0 heterocycles. The molecule has 0 saturated carbocycles. The van der Waals surface area contributed by atoms with Gasteiger partial charge >= 0.3 is 21.3 Å². The summed E-state index contributed by atoms with van der Waals surface area (Å²) in [6.45, 7) is 13.2. The predicted molar refractivity (Wildman–Crippen MR) is 185 cm³/mol. The summed E-state index contributed by atoms with van der Waals surface area (Å²) >= 11 is 12.2. The molecule has 1 atom stereocenters. The highest BCUT2D eigenvalue weighted by atomic mass is 35.5. The van der Waals surface area contributed by atoms with Gasteiger partial charge in [0, 0.05) is 18.7 Å². The van der Waals surface area contributed by atoms with Crippen molar-refractivity contribution in [1.29, 1.82) is 0 Å². The Balaban J connectivity index is 3.00. The topological polar surface area (TPSA) is 152 Å². The molecule has 0 aliphatic carbocycles. The third kappa shape index (κ3) is 12.8. The summed E-state index contributed by atoms with van der Waals surface area (Å²) in [5, 5.41) is 1.63. The number of rotatable bonds is 22. The van der Waals surface area contributed by atoms with E-state index in [0.29, 0.717) is 18.8 Å². The van der Waals surface area contributed by atoms with Crippen LogP contribution in [0.5, 0.6) is 0 Å². The third-order valence-electron chi connectivity index (χ3n) is 6.80. The molecule has 266 valence electrons. The molecule has 0 aliphatic rings. The number of carbonyl (C=O) groups excluding carboxylic acids is 2. The minimum atomic E-state index is -3.88. The third-order valence-corrected chi connectivity index (χ3v) is 13.3. The van der Waals surface area contributed by atoms with E-state index in [4.69, 9.17) is 51.8 Å². The monoisotopic (exact) mass is 732 g/mol. The molecule has 0 fully saturated rings. The molecule has 3 N–H and O–H groups in total. The van der Waals surface area contributed by atoms with E-state index >= 15 is 0 Å². The fourth-order valence-corrected chi connectivity index (χ4v) is 10.9. The molecule has 1 rings (SSSR count). The van der Waals surface area contributed by atoms with E-state index in [1.807, 2.05) is 12.1 Å². The molecule has 1 aromatic rings. The highest BCUT2D eigenvalue weighted by Gasteiger charge is 2.50. The van der Waals surface area contributed by atoms with Crippen molar-refractivity contribution < 1.29 is 41.6 Å². The number of hydrogen-bond acceptors (Lipinski definition) is 10. The lowest BCUT2D eigenvalue weighted by molar-refractivity contribution is -0.122. The van der Waals surface area contributed by atoms with Crippen molar-refractivity contribution in [2.45, 2.75) is 84.8 Å². The zero-order valence-corrected chi connectivity index (χ0v) is 31.6. The van der Waals surface area contributed by atoms with Crippen molar-refractivity contribution >= 4 is 56.1 Å². The Bertz CT molecular complexity index is 1110. The summed E-state index contributed by atoms with van der Waals surface area (Å²) < 4.78 is 54.9. The molecule has 12 nitrogen and oxygen atoms in total. The van der Waals surface area contributed by atoms with Crippen LogP contribution in [-0.2, 0) is 43.2 Å². The van der Waals surface area contributed by atoms with Gasteiger partial charge in [0.05, 0.1) is 44.2 Å². The standard InChI is InChI=1S/C30H53Cl2N3O9P2/c1-8-40-45(38,41-9-2)27(46(39,42-10-3)43-11-4)13-12-20-34-28(36)26(33)23-24-14-16-25(17-15-24)35(21-18-31,22-19-32)29(37)44-30(5,6)7/h14-17,26-27H,8-13,18-23,33H2,1-7H3/p+1/t26-/m0/s1. The van der Waals surface area contributed by atoms with Crippen LogP contribution in [0.1, 0.15) is 66.9 Å². The van der Waals surface area contributed by atoms with Crippen molar-refractivity contribution in [3.8, 4) is 0 Å². The lowest BCUT2D eigenvalue weighted by Crippen LogP contribution is -2.58. The molecular formula is C30H54Cl2N3O9P2+. The van der Waals surface area contributed by atoms with E-state index in [9.17, 15) is 18.7 Å². The molecule has 0 saturated heterocycles. The Morgan fingerprint density at radius 3 is 1.72 bits per heavy atom. The molecule has 0 bridgehead atoms. The van der Waals surface area contributed by atoms with Gasteiger partial charge in [-0.15, -0.1) is 23.2 Å². The Hall–Kier alpha value is -1.04. The van der Waals surface area contributed by atoms with Crippen molar-refractivity contribution in [1.82, 2.24) is 9.80 Å². The van der Waals surface area contributed by atoms with Gasteiger partial charge < -0.3 is 33.9 Å². The predicted octanol–water partition coefficient (Wildman–Crippen LogP) is 7.03. The number of hydrogen-bond donors (Lipinski definition) is 2. The van der Waals surface area contributed by atoms with Gasteiger partial charge in [0.25, 0.3) is 0 Å². The minimum absolute atomic E-state index is 0.0824. The van der Waals surface area contributed by atoms with Gasteiger partial charge in [0.1, 0.15) is 24.4 Å². The van der Waals surface area contributed by atoms with E-state index < -0.39 is 38.3 Å². The first kappa shape index (κ1) is 43.0. The molecular weight excluding hydrogens is 679 g/mol. The Kier molecular flexibility index (Phi) is 19.1. The van der Waals surface area contributed by atoms with Gasteiger partial charge in [0.15, 0.2) is 5.40 Å². The number of benzene rings is 1. The maximum absolute atomic E-state index is 13.7. The summed E-state index contributed by atoms with van der Waals surface area (Å²) in [7, 11) is -7.75. The summed E-state index contributed by atoms with van der Waals surface area (Å²) in [4.78, 5) is 26.2. The number of quaternary nitrogens is 1. The minimum Gasteiger partial charge on any atom is -0.414 e. The van der Waals surface area contributed by atoms with E-state index in [0.717, 1.165) is 5.56 Å². The Morgan fingerprint density at radius 1 is 0.870 bits per heavy atom. The van der Waals surface area contributed by atoms with E-state index in [1.54, 1.807) is 60.6 Å². The largest absolute Gasteiger partial charge is 0.521 e. The maximum Gasteiger partial charge on any atom is 0.521 e. The van der Waals surface area contributed by atoms with Crippen LogP contribution < -0.4 is 15.5 Å². The molecule has 0 radical (unpaired) electrons. The van der Waals surface area contributed by atoms with Crippen LogP contribution in [0.3, 0.4) is 0 Å². The Labute approximate surface area is 284 Å². The first-order valence-corrected chi connectivity index (χ1v) is 20.0. The molecule has 16 heteroatoms. The van der Waals surface area contributed by atoms with E-state index in [1.165, 1.54) is 0 Å². The second-order valence-electron chi connectivity index (χ2n) is 11.4. The number of nitrogens with zero attached hydrogens (tertiary/aromatic N) is 1. The molecule has 0 aliphatic heterocycles. The van der Waals surface area contributed by atoms with E-state index in [2.05, 4.69) is 5.32 Å². The maximum atomic E-state index is 13.7. The number of nitrogens with one attached hydrogen (secondary N) is 1. The molecule has 0 unspecified atom stereocenters. The number of alkyl halides is 2. The SMILES string of the molecule is CCOP(=O)(OCC)C(CCCNC(=O)[C@@H](N)Cc1ccc([N+](CCCl)(CCCl)C(=O)OC(C)(C)C)cc1)P(=O)(OCC)OCC. The first-order chi connectivity index (χ1) is 21.6. The van der Waals surface area contributed by atoms with Crippen molar-refractivity contribution in [3.63, 3.8) is 0 Å². The molecule has 0 spiro atoms. The average Bonchev–Trinajstić information content (AvgIpc) is 2.96. The zero-order chi connectivity index (χ0) is 35.0. The van der Waals surface area contributed by atoms with E-state index in [-0.39, 0.29) is 74.4 Å². The number of nitrogens with two attached hydrogens (primary N) is 1. The van der Waals surface area contributed by atoms with Gasteiger partial charge in [-0.05, 0) is 73.3 Å². The fraction of sp³-hybridized carbons (Fsp3) is 0.733. The van der Waals surface area contributed by atoms with Gasteiger partial charge in [-0.1, -0.05) is 12.1 Å². The average molecular weight is 734 g/mol. The number of ether oxygens (including phenoxy) is 1.